The molecule has 0 radical (unpaired) electrons. The number of carbonyl (C=O) groups excluding carboxylic acids is 1. The molecule has 6 heteroatoms. The van der Waals surface area contributed by atoms with Crippen LogP contribution >= 0.6 is 24.0 Å². The first kappa shape index (κ1) is 23.7. The normalized spacial score (nSPS) is 11.0. The first-order valence-electron chi connectivity index (χ1n) is 8.76. The maximum atomic E-state index is 11.9. The molecule has 0 saturated heterocycles. The molecule has 2 N–H and O–H groups in total. The highest BCUT2D eigenvalue weighted by molar-refractivity contribution is 14.0. The number of benzene rings is 1. The van der Waals surface area contributed by atoms with Crippen LogP contribution in [0.15, 0.2) is 29.3 Å². The monoisotopic (exact) mass is 460 g/mol. The summed E-state index contributed by atoms with van der Waals surface area (Å²) >= 11 is 0. The number of nitrogens with one attached hydrogen (secondary N) is 2. The van der Waals surface area contributed by atoms with Crippen molar-refractivity contribution < 1.29 is 4.79 Å². The van der Waals surface area contributed by atoms with Crippen molar-refractivity contribution in [2.75, 3.05) is 27.2 Å². The Hall–Kier alpha value is -1.31. The van der Waals surface area contributed by atoms with E-state index in [-0.39, 0.29) is 29.9 Å². The molecule has 25 heavy (non-hydrogen) atoms. The van der Waals surface area contributed by atoms with Gasteiger partial charge in [-0.2, -0.15) is 0 Å². The largest absolute Gasteiger partial charge is 0.357 e. The van der Waals surface area contributed by atoms with E-state index in [4.69, 9.17) is 0 Å². The fourth-order valence-corrected chi connectivity index (χ4v) is 2.24. The number of hydrogen-bond acceptors (Lipinski definition) is 2. The zero-order valence-corrected chi connectivity index (χ0v) is 18.5. The Kier molecular flexibility index (Phi) is 12.3. The molecule has 1 aromatic carbocycles. The highest BCUT2D eigenvalue weighted by atomic mass is 127. The van der Waals surface area contributed by atoms with Crippen LogP contribution in [0.25, 0.3) is 0 Å². The molecule has 0 aliphatic carbocycles. The van der Waals surface area contributed by atoms with Gasteiger partial charge in [0.05, 0.1) is 6.54 Å². The molecule has 0 fully saturated rings. The van der Waals surface area contributed by atoms with Gasteiger partial charge in [-0.15, -0.1) is 24.0 Å². The molecular formula is C19H33IN4O. The van der Waals surface area contributed by atoms with E-state index in [0.29, 0.717) is 12.1 Å². The molecule has 0 saturated carbocycles. The van der Waals surface area contributed by atoms with Gasteiger partial charge in [-0.25, -0.2) is 4.99 Å². The second-order valence-electron chi connectivity index (χ2n) is 6.55. The maximum absolute atomic E-state index is 11.9. The summed E-state index contributed by atoms with van der Waals surface area (Å²) in [5.41, 5.74) is 1.79. The van der Waals surface area contributed by atoms with E-state index in [1.54, 1.807) is 19.0 Å². The number of halogens is 1. The highest BCUT2D eigenvalue weighted by Gasteiger charge is 2.07. The lowest BCUT2D eigenvalue weighted by Crippen LogP contribution is -2.37. The smallest absolute Gasteiger partial charge is 0.253 e. The average Bonchev–Trinajstić information content (AvgIpc) is 2.56. The molecule has 142 valence electrons. The fourth-order valence-electron chi connectivity index (χ4n) is 2.24. The molecule has 0 bridgehead atoms. The zero-order valence-electron chi connectivity index (χ0n) is 16.1. The summed E-state index contributed by atoms with van der Waals surface area (Å²) in [6.07, 6.45) is 2.36. The lowest BCUT2D eigenvalue weighted by molar-refractivity contribution is 0.0827. The third-order valence-electron chi connectivity index (χ3n) is 3.62. The van der Waals surface area contributed by atoms with Gasteiger partial charge >= 0.3 is 0 Å². The summed E-state index contributed by atoms with van der Waals surface area (Å²) in [6.45, 7) is 8.91. The van der Waals surface area contributed by atoms with Crippen LogP contribution in [0.3, 0.4) is 0 Å². The Morgan fingerprint density at radius 2 is 1.80 bits per heavy atom. The number of aliphatic imine (C=N–C) groups is 1. The Morgan fingerprint density at radius 3 is 2.32 bits per heavy atom. The predicted molar refractivity (Wildman–Crippen MR) is 117 cm³/mol. The van der Waals surface area contributed by atoms with Crippen LogP contribution < -0.4 is 10.6 Å². The van der Waals surface area contributed by atoms with Gasteiger partial charge in [0.25, 0.3) is 5.91 Å². The summed E-state index contributed by atoms with van der Waals surface area (Å²) in [7, 11) is 3.52. The summed E-state index contributed by atoms with van der Waals surface area (Å²) in [5, 5.41) is 6.63. The molecule has 0 aliphatic rings. The minimum Gasteiger partial charge on any atom is -0.357 e. The quantitative estimate of drug-likeness (QED) is 0.270. The summed E-state index contributed by atoms with van der Waals surface area (Å²) in [6, 6.07) is 7.64. The molecule has 0 heterocycles. The van der Waals surface area contributed by atoms with Crippen LogP contribution in [0.5, 0.6) is 0 Å². The zero-order chi connectivity index (χ0) is 17.9. The van der Waals surface area contributed by atoms with Crippen molar-refractivity contribution in [3.05, 3.63) is 35.4 Å². The molecule has 0 unspecified atom stereocenters. The second kappa shape index (κ2) is 13.0. The number of hydrogen-bond donors (Lipinski definition) is 2. The van der Waals surface area contributed by atoms with Gasteiger partial charge < -0.3 is 15.5 Å². The van der Waals surface area contributed by atoms with E-state index < -0.39 is 0 Å². The van der Waals surface area contributed by atoms with Crippen LogP contribution in [0.4, 0.5) is 0 Å². The lowest BCUT2D eigenvalue weighted by atomic mass is 10.1. The number of amides is 1. The van der Waals surface area contributed by atoms with E-state index in [1.165, 1.54) is 6.42 Å². The third kappa shape index (κ3) is 9.67. The third-order valence-corrected chi connectivity index (χ3v) is 3.62. The topological polar surface area (TPSA) is 56.7 Å². The minimum absolute atomic E-state index is 0. The number of guanidine groups is 1. The van der Waals surface area contributed by atoms with Crippen LogP contribution in [0.1, 0.15) is 49.5 Å². The van der Waals surface area contributed by atoms with E-state index in [2.05, 4.69) is 36.4 Å². The van der Waals surface area contributed by atoms with Crippen LogP contribution in [0.2, 0.25) is 0 Å². The number of carbonyl (C=O) groups is 1. The SMILES string of the molecule is CCNC(=NCc1ccc(C(=O)N(C)C)cc1)NCCCC(C)C.I. The van der Waals surface area contributed by atoms with Crippen LogP contribution in [-0.2, 0) is 6.54 Å². The Labute approximate surface area is 169 Å². The van der Waals surface area contributed by atoms with Gasteiger partial charge in [0.15, 0.2) is 5.96 Å². The molecule has 1 aromatic rings. The minimum atomic E-state index is 0. The molecule has 1 amide bonds. The first-order valence-corrected chi connectivity index (χ1v) is 8.76. The first-order chi connectivity index (χ1) is 11.4. The molecule has 0 aromatic heterocycles. The van der Waals surface area contributed by atoms with Gasteiger partial charge in [-0.05, 0) is 43.4 Å². The molecular weight excluding hydrogens is 427 g/mol. The Balaban J connectivity index is 0.00000576. The standard InChI is InChI=1S/C19H32N4O.HI/c1-6-20-19(21-13-7-8-15(2)3)22-14-16-9-11-17(12-10-16)18(24)23(4)5;/h9-12,15H,6-8,13-14H2,1-5H3,(H2,20,21,22);1H. The van der Waals surface area contributed by atoms with Crippen molar-refractivity contribution >= 4 is 35.8 Å². The lowest BCUT2D eigenvalue weighted by Gasteiger charge is -2.12. The van der Waals surface area contributed by atoms with Gasteiger partial charge in [-0.3, -0.25) is 4.79 Å². The van der Waals surface area contributed by atoms with E-state index in [9.17, 15) is 4.79 Å². The summed E-state index contributed by atoms with van der Waals surface area (Å²) in [5.74, 6) is 1.59. The van der Waals surface area contributed by atoms with Crippen molar-refractivity contribution in [1.82, 2.24) is 15.5 Å². The fraction of sp³-hybridized carbons (Fsp3) is 0.579. The summed E-state index contributed by atoms with van der Waals surface area (Å²) < 4.78 is 0. The molecule has 0 atom stereocenters. The van der Waals surface area contributed by atoms with Crippen molar-refractivity contribution in [3.63, 3.8) is 0 Å². The molecule has 5 nitrogen and oxygen atoms in total. The van der Waals surface area contributed by atoms with Gasteiger partial charge in [0, 0.05) is 32.7 Å². The molecule has 0 aliphatic heterocycles. The molecule has 1 rings (SSSR count). The van der Waals surface area contributed by atoms with Crippen molar-refractivity contribution in [2.45, 2.75) is 40.2 Å². The van der Waals surface area contributed by atoms with E-state index in [1.807, 2.05) is 24.3 Å². The summed E-state index contributed by atoms with van der Waals surface area (Å²) in [4.78, 5) is 18.1. The molecule has 0 spiro atoms. The average molecular weight is 460 g/mol. The van der Waals surface area contributed by atoms with Crippen LogP contribution in [-0.4, -0.2) is 44.0 Å². The van der Waals surface area contributed by atoms with Crippen molar-refractivity contribution in [2.24, 2.45) is 10.9 Å². The van der Waals surface area contributed by atoms with E-state index >= 15 is 0 Å². The maximum Gasteiger partial charge on any atom is 0.253 e. The van der Waals surface area contributed by atoms with Gasteiger partial charge in [0.1, 0.15) is 0 Å². The number of rotatable bonds is 8. The Morgan fingerprint density at radius 1 is 1.16 bits per heavy atom. The van der Waals surface area contributed by atoms with Gasteiger partial charge in [0.2, 0.25) is 0 Å². The van der Waals surface area contributed by atoms with E-state index in [0.717, 1.165) is 37.0 Å². The predicted octanol–water partition coefficient (Wildman–Crippen LogP) is 3.50. The Bertz CT molecular complexity index is 527. The highest BCUT2D eigenvalue weighted by Crippen LogP contribution is 2.07. The second-order valence-corrected chi connectivity index (χ2v) is 6.55. The number of nitrogens with zero attached hydrogens (tertiary/aromatic N) is 2. The van der Waals surface area contributed by atoms with Crippen molar-refractivity contribution in [3.8, 4) is 0 Å². The van der Waals surface area contributed by atoms with Crippen LogP contribution in [0, 0.1) is 5.92 Å². The van der Waals surface area contributed by atoms with Gasteiger partial charge in [-0.1, -0.05) is 26.0 Å². The van der Waals surface area contributed by atoms with Crippen molar-refractivity contribution in [1.29, 1.82) is 0 Å².